The van der Waals surface area contributed by atoms with E-state index in [4.69, 9.17) is 21.4 Å². The average molecular weight is 299 g/mol. The van der Waals surface area contributed by atoms with Gasteiger partial charge >= 0.3 is 6.09 Å². The lowest BCUT2D eigenvalue weighted by atomic mass is 10.2. The van der Waals surface area contributed by atoms with Crippen molar-refractivity contribution in [1.82, 2.24) is 4.90 Å². The van der Waals surface area contributed by atoms with Crippen LogP contribution in [0.5, 0.6) is 0 Å². The smallest absolute Gasteiger partial charge is 0.414 e. The zero-order valence-electron chi connectivity index (χ0n) is 11.5. The summed E-state index contributed by atoms with van der Waals surface area (Å²) in [5.74, 6) is 0. The van der Waals surface area contributed by atoms with Crippen molar-refractivity contribution in [2.75, 3.05) is 38.2 Å². The number of rotatable bonds is 6. The summed E-state index contributed by atoms with van der Waals surface area (Å²) in [6, 6.07) is 7.17. The quantitative estimate of drug-likeness (QED) is 0.872. The minimum atomic E-state index is -0.340. The van der Waals surface area contributed by atoms with Crippen LogP contribution in [-0.2, 0) is 4.74 Å². The monoisotopic (exact) mass is 298 g/mol. The number of benzene rings is 1. The third-order valence-corrected chi connectivity index (χ3v) is 3.44. The Morgan fingerprint density at radius 3 is 3.05 bits per heavy atom. The third kappa shape index (κ3) is 3.85. The zero-order chi connectivity index (χ0) is 14.5. The number of ether oxygens (including phenoxy) is 1. The molecule has 1 N–H and O–H groups in total. The van der Waals surface area contributed by atoms with Gasteiger partial charge in [-0.05, 0) is 31.7 Å². The fourth-order valence-electron chi connectivity index (χ4n) is 2.25. The topological polar surface area (TPSA) is 53.0 Å². The molecular formula is C14H19ClN2O3. The van der Waals surface area contributed by atoms with Crippen LogP contribution < -0.4 is 4.90 Å². The number of cyclic esters (lactones) is 1. The number of aliphatic hydroxyl groups excluding tert-OH is 1. The maximum atomic E-state index is 11.9. The highest BCUT2D eigenvalue weighted by Gasteiger charge is 2.32. The number of anilines is 1. The molecule has 0 bridgehead atoms. The molecule has 1 saturated heterocycles. The molecule has 1 aliphatic rings. The van der Waals surface area contributed by atoms with E-state index in [0.717, 1.165) is 18.7 Å². The lowest BCUT2D eigenvalue weighted by molar-refractivity contribution is 0.114. The second kappa shape index (κ2) is 6.92. The molecule has 6 heteroatoms. The van der Waals surface area contributed by atoms with Crippen molar-refractivity contribution in [2.45, 2.75) is 12.5 Å². The van der Waals surface area contributed by atoms with Crippen molar-refractivity contribution in [3.63, 3.8) is 0 Å². The highest BCUT2D eigenvalue weighted by atomic mass is 35.5. The fraction of sp³-hybridized carbons (Fsp3) is 0.500. The Bertz CT molecular complexity index is 469. The van der Waals surface area contributed by atoms with Crippen molar-refractivity contribution < 1.29 is 14.6 Å². The third-order valence-electron chi connectivity index (χ3n) is 3.21. The van der Waals surface area contributed by atoms with Gasteiger partial charge in [0.1, 0.15) is 6.10 Å². The van der Waals surface area contributed by atoms with Gasteiger partial charge in [0.2, 0.25) is 0 Å². The van der Waals surface area contributed by atoms with Crippen molar-refractivity contribution in [1.29, 1.82) is 0 Å². The SMILES string of the molecule is CN(CCCO)CC1CN(c2cccc(Cl)c2)C(=O)O1. The van der Waals surface area contributed by atoms with Crippen molar-refractivity contribution in [3.8, 4) is 0 Å². The average Bonchev–Trinajstić information content (AvgIpc) is 2.77. The Kier molecular flexibility index (Phi) is 5.23. The van der Waals surface area contributed by atoms with Gasteiger partial charge in [0, 0.05) is 30.4 Å². The Labute approximate surface area is 123 Å². The number of likely N-dealkylation sites (N-methyl/N-ethyl adjacent to an activating group) is 1. The van der Waals surface area contributed by atoms with E-state index >= 15 is 0 Å². The maximum absolute atomic E-state index is 11.9. The maximum Gasteiger partial charge on any atom is 0.414 e. The van der Waals surface area contributed by atoms with Gasteiger partial charge in [0.05, 0.1) is 6.54 Å². The molecule has 5 nitrogen and oxygen atoms in total. The number of hydrogen-bond donors (Lipinski definition) is 1. The number of amides is 1. The first kappa shape index (κ1) is 15.1. The van der Waals surface area contributed by atoms with E-state index in [9.17, 15) is 4.79 Å². The first-order valence-corrected chi connectivity index (χ1v) is 7.01. The Hall–Kier alpha value is -1.30. The van der Waals surface area contributed by atoms with Gasteiger partial charge < -0.3 is 14.7 Å². The summed E-state index contributed by atoms with van der Waals surface area (Å²) in [4.78, 5) is 15.5. The van der Waals surface area contributed by atoms with Crippen molar-refractivity contribution in [2.24, 2.45) is 0 Å². The van der Waals surface area contributed by atoms with Crippen LogP contribution in [0.2, 0.25) is 5.02 Å². The molecule has 0 aliphatic carbocycles. The minimum Gasteiger partial charge on any atom is -0.443 e. The van der Waals surface area contributed by atoms with E-state index in [1.807, 2.05) is 19.2 Å². The van der Waals surface area contributed by atoms with Crippen LogP contribution in [0.4, 0.5) is 10.5 Å². The van der Waals surface area contributed by atoms with Crippen molar-refractivity contribution in [3.05, 3.63) is 29.3 Å². The molecule has 1 fully saturated rings. The molecule has 0 saturated carbocycles. The van der Waals surface area contributed by atoms with Gasteiger partial charge in [-0.2, -0.15) is 0 Å². The first-order valence-electron chi connectivity index (χ1n) is 6.63. The molecule has 0 aromatic heterocycles. The normalized spacial score (nSPS) is 18.7. The summed E-state index contributed by atoms with van der Waals surface area (Å²) < 4.78 is 5.36. The predicted octanol–water partition coefficient (Wildman–Crippen LogP) is 1.98. The van der Waals surface area contributed by atoms with Gasteiger partial charge in [-0.25, -0.2) is 4.79 Å². The molecular weight excluding hydrogens is 280 g/mol. The second-order valence-electron chi connectivity index (χ2n) is 4.94. The summed E-state index contributed by atoms with van der Waals surface area (Å²) >= 11 is 5.94. The summed E-state index contributed by atoms with van der Waals surface area (Å²) in [7, 11) is 1.95. The van der Waals surface area contributed by atoms with E-state index in [0.29, 0.717) is 18.1 Å². The highest BCUT2D eigenvalue weighted by molar-refractivity contribution is 6.30. The molecule has 1 unspecified atom stereocenters. The van der Waals surface area contributed by atoms with Gasteiger partial charge in [0.15, 0.2) is 0 Å². The van der Waals surface area contributed by atoms with Crippen LogP contribution in [0.25, 0.3) is 0 Å². The van der Waals surface area contributed by atoms with E-state index in [2.05, 4.69) is 4.90 Å². The molecule has 0 radical (unpaired) electrons. The van der Waals surface area contributed by atoms with Crippen LogP contribution in [0.1, 0.15) is 6.42 Å². The molecule has 0 spiro atoms. The molecule has 1 heterocycles. The van der Waals surface area contributed by atoms with E-state index in [-0.39, 0.29) is 18.8 Å². The standard InChI is InChI=1S/C14H19ClN2O3/c1-16(6-3-7-18)9-13-10-17(14(19)20-13)12-5-2-4-11(15)8-12/h2,4-5,8,13,18H,3,6-7,9-10H2,1H3. The number of halogens is 1. The number of carbonyl (C=O) groups excluding carboxylic acids is 1. The lowest BCUT2D eigenvalue weighted by Crippen LogP contribution is -2.33. The summed E-state index contributed by atoms with van der Waals surface area (Å²) in [6.45, 7) is 2.12. The largest absolute Gasteiger partial charge is 0.443 e. The summed E-state index contributed by atoms with van der Waals surface area (Å²) in [6.07, 6.45) is 0.216. The molecule has 1 amide bonds. The summed E-state index contributed by atoms with van der Waals surface area (Å²) in [5, 5.41) is 9.40. The molecule has 1 aromatic rings. The molecule has 2 rings (SSSR count). The van der Waals surface area contributed by atoms with Crippen LogP contribution in [0, 0.1) is 0 Å². The number of aliphatic hydroxyl groups is 1. The highest BCUT2D eigenvalue weighted by Crippen LogP contribution is 2.24. The Morgan fingerprint density at radius 2 is 2.35 bits per heavy atom. The second-order valence-corrected chi connectivity index (χ2v) is 5.37. The van der Waals surface area contributed by atoms with E-state index in [1.165, 1.54) is 0 Å². The summed E-state index contributed by atoms with van der Waals surface area (Å²) in [5.41, 5.74) is 0.753. The van der Waals surface area contributed by atoms with Gasteiger partial charge in [-0.15, -0.1) is 0 Å². The molecule has 1 atom stereocenters. The number of carbonyl (C=O) groups is 1. The van der Waals surface area contributed by atoms with Gasteiger partial charge in [0.25, 0.3) is 0 Å². The number of hydrogen-bond acceptors (Lipinski definition) is 4. The zero-order valence-corrected chi connectivity index (χ0v) is 12.2. The lowest BCUT2D eigenvalue weighted by Gasteiger charge is -2.19. The van der Waals surface area contributed by atoms with Crippen LogP contribution in [0.15, 0.2) is 24.3 Å². The molecule has 1 aliphatic heterocycles. The molecule has 20 heavy (non-hydrogen) atoms. The Morgan fingerprint density at radius 1 is 1.55 bits per heavy atom. The minimum absolute atomic E-state index is 0.162. The number of nitrogens with zero attached hydrogens (tertiary/aromatic N) is 2. The van der Waals surface area contributed by atoms with Crippen molar-refractivity contribution >= 4 is 23.4 Å². The van der Waals surface area contributed by atoms with Gasteiger partial charge in [-0.3, -0.25) is 4.90 Å². The van der Waals surface area contributed by atoms with E-state index < -0.39 is 0 Å². The van der Waals surface area contributed by atoms with E-state index in [1.54, 1.807) is 17.0 Å². The van der Waals surface area contributed by atoms with Crippen LogP contribution in [-0.4, -0.2) is 55.5 Å². The first-order chi connectivity index (χ1) is 9.60. The predicted molar refractivity (Wildman–Crippen MR) is 78.3 cm³/mol. The van der Waals surface area contributed by atoms with Crippen LogP contribution >= 0.6 is 11.6 Å². The fourth-order valence-corrected chi connectivity index (χ4v) is 2.44. The van der Waals surface area contributed by atoms with Gasteiger partial charge in [-0.1, -0.05) is 17.7 Å². The molecule has 110 valence electrons. The molecule has 1 aromatic carbocycles. The Balaban J connectivity index is 1.93. The van der Waals surface area contributed by atoms with Crippen LogP contribution in [0.3, 0.4) is 0 Å².